The first-order valence-corrected chi connectivity index (χ1v) is 7.72. The standard InChI is InChI=1S/C10H12N4O3S2/c1-3-5-14(6-4-7-15)10(16)11-9-13-12-8(2)19(9)18-17/h1,7H,4-6H2,2H3,(H,11,13,16). The predicted octanol–water partition coefficient (Wildman–Crippen LogP) is -0.330. The van der Waals surface area contributed by atoms with Crippen molar-refractivity contribution in [1.82, 2.24) is 10.2 Å². The van der Waals surface area contributed by atoms with Crippen molar-refractivity contribution in [1.29, 1.82) is 0 Å². The zero-order chi connectivity index (χ0) is 14.3. The number of nitrogens with zero attached hydrogens (tertiary/aromatic N) is 3. The molecule has 1 rings (SSSR count). The lowest BCUT2D eigenvalue weighted by Crippen LogP contribution is -2.44. The van der Waals surface area contributed by atoms with Crippen LogP contribution in [0.1, 0.15) is 13.3 Å². The second-order valence-electron chi connectivity index (χ2n) is 3.37. The highest BCUT2D eigenvalue weighted by Gasteiger charge is 2.21. The van der Waals surface area contributed by atoms with Crippen LogP contribution in [0.5, 0.6) is 0 Å². The van der Waals surface area contributed by atoms with E-state index in [4.69, 9.17) is 6.42 Å². The fraction of sp³-hybridized carbons (Fsp3) is 0.400. The monoisotopic (exact) mass is 300 g/mol. The van der Waals surface area contributed by atoms with E-state index in [1.54, 1.807) is 6.92 Å². The Morgan fingerprint density at radius 3 is 2.95 bits per heavy atom. The van der Waals surface area contributed by atoms with Crippen LogP contribution in [-0.4, -0.2) is 44.7 Å². The third-order valence-corrected chi connectivity index (χ3v) is 4.99. The van der Waals surface area contributed by atoms with Crippen LogP contribution in [0.25, 0.3) is 0 Å². The number of nitrogens with one attached hydrogen (secondary N) is 1. The van der Waals surface area contributed by atoms with Crippen LogP contribution in [0.15, 0.2) is 10.2 Å². The first-order chi connectivity index (χ1) is 9.13. The van der Waals surface area contributed by atoms with Gasteiger partial charge in [0.2, 0.25) is 5.17 Å². The molecule has 1 atom stereocenters. The molecular weight excluding hydrogens is 288 g/mol. The Morgan fingerprint density at radius 1 is 1.63 bits per heavy atom. The SMILES string of the molecule is C#CCN(CCC=O)C(=O)NC1=NN=C(C)S1=S=O. The van der Waals surface area contributed by atoms with Crippen LogP contribution in [0.3, 0.4) is 0 Å². The summed E-state index contributed by atoms with van der Waals surface area (Å²) in [6.07, 6.45) is 6.05. The zero-order valence-electron chi connectivity index (χ0n) is 10.2. The van der Waals surface area contributed by atoms with Crippen LogP contribution >= 0.6 is 0 Å². The molecule has 0 aromatic carbocycles. The summed E-state index contributed by atoms with van der Waals surface area (Å²) in [6, 6.07) is -0.491. The molecule has 1 heterocycles. The molecule has 7 nitrogen and oxygen atoms in total. The van der Waals surface area contributed by atoms with Gasteiger partial charge < -0.3 is 9.69 Å². The van der Waals surface area contributed by atoms with Gasteiger partial charge in [0, 0.05) is 22.4 Å². The van der Waals surface area contributed by atoms with E-state index in [2.05, 4.69) is 21.4 Å². The van der Waals surface area contributed by atoms with Crippen molar-refractivity contribution in [2.24, 2.45) is 10.2 Å². The fourth-order valence-corrected chi connectivity index (χ4v) is 2.89. The summed E-state index contributed by atoms with van der Waals surface area (Å²) in [5.74, 6) is 2.33. The van der Waals surface area contributed by atoms with Crippen LogP contribution in [0.4, 0.5) is 4.79 Å². The number of terminal acetylenes is 1. The van der Waals surface area contributed by atoms with Crippen molar-refractivity contribution in [2.45, 2.75) is 13.3 Å². The minimum Gasteiger partial charge on any atom is -0.313 e. The Labute approximate surface area is 115 Å². The number of rotatable bonds is 4. The van der Waals surface area contributed by atoms with Crippen molar-refractivity contribution in [2.75, 3.05) is 13.1 Å². The summed E-state index contributed by atoms with van der Waals surface area (Å²) in [5.41, 5.74) is 0. The molecule has 0 bridgehead atoms. The number of amidine groups is 1. The molecule has 0 aromatic heterocycles. The quantitative estimate of drug-likeness (QED) is 0.569. The topological polar surface area (TPSA) is 91.2 Å². The Balaban J connectivity index is 2.71. The minimum absolute atomic E-state index is 0.0745. The van der Waals surface area contributed by atoms with Crippen molar-refractivity contribution >= 4 is 42.2 Å². The van der Waals surface area contributed by atoms with E-state index in [0.29, 0.717) is 21.6 Å². The molecule has 0 fully saturated rings. The molecule has 19 heavy (non-hydrogen) atoms. The largest absolute Gasteiger partial charge is 0.324 e. The maximum atomic E-state index is 11.9. The van der Waals surface area contributed by atoms with E-state index in [1.807, 2.05) is 0 Å². The van der Waals surface area contributed by atoms with Gasteiger partial charge in [-0.25, -0.2) is 9.00 Å². The fourth-order valence-electron chi connectivity index (χ4n) is 1.22. The van der Waals surface area contributed by atoms with E-state index >= 15 is 0 Å². The van der Waals surface area contributed by atoms with E-state index in [0.717, 1.165) is 0 Å². The van der Waals surface area contributed by atoms with Crippen LogP contribution in [-0.2, 0) is 24.5 Å². The average molecular weight is 300 g/mol. The first kappa shape index (κ1) is 15.3. The van der Waals surface area contributed by atoms with Gasteiger partial charge in [0.05, 0.1) is 6.54 Å². The van der Waals surface area contributed by atoms with Gasteiger partial charge in [-0.1, -0.05) is 5.92 Å². The van der Waals surface area contributed by atoms with Crippen molar-refractivity contribution < 1.29 is 13.8 Å². The van der Waals surface area contributed by atoms with Gasteiger partial charge in [-0.05, 0) is 6.92 Å². The van der Waals surface area contributed by atoms with Gasteiger partial charge >= 0.3 is 6.03 Å². The third kappa shape index (κ3) is 4.11. The molecule has 1 unspecified atom stereocenters. The molecule has 1 N–H and O–H groups in total. The van der Waals surface area contributed by atoms with Crippen molar-refractivity contribution in [3.63, 3.8) is 0 Å². The molecule has 0 saturated carbocycles. The van der Waals surface area contributed by atoms with Crippen LogP contribution < -0.4 is 5.32 Å². The summed E-state index contributed by atoms with van der Waals surface area (Å²) >= 11 is 0. The molecule has 102 valence electrons. The van der Waals surface area contributed by atoms with Gasteiger partial charge in [0.25, 0.3) is 0 Å². The highest BCUT2D eigenvalue weighted by atomic mass is 32.8. The minimum atomic E-state index is -0.882. The van der Waals surface area contributed by atoms with Gasteiger partial charge in [0.15, 0.2) is 0 Å². The van der Waals surface area contributed by atoms with Crippen LogP contribution in [0.2, 0.25) is 0 Å². The van der Waals surface area contributed by atoms with Crippen molar-refractivity contribution in [3.05, 3.63) is 0 Å². The number of hydrogen-bond acceptors (Lipinski definition) is 5. The Bertz CT molecular complexity index is 543. The molecule has 0 aliphatic carbocycles. The van der Waals surface area contributed by atoms with Gasteiger partial charge in [-0.15, -0.1) is 16.6 Å². The maximum absolute atomic E-state index is 11.9. The van der Waals surface area contributed by atoms with E-state index < -0.39 is 15.5 Å². The molecular formula is C10H12N4O3S2. The lowest BCUT2D eigenvalue weighted by Gasteiger charge is -2.19. The number of carbonyl (C=O) groups is 2. The lowest BCUT2D eigenvalue weighted by molar-refractivity contribution is -0.108. The van der Waals surface area contributed by atoms with Gasteiger partial charge in [-0.2, -0.15) is 0 Å². The second-order valence-corrected chi connectivity index (χ2v) is 6.43. The van der Waals surface area contributed by atoms with Crippen LogP contribution in [0, 0.1) is 12.3 Å². The average Bonchev–Trinajstić information content (AvgIpc) is 2.74. The van der Waals surface area contributed by atoms with Gasteiger partial charge in [0.1, 0.15) is 21.6 Å². The molecule has 1 aliphatic heterocycles. The molecule has 0 saturated heterocycles. The number of aldehydes is 1. The van der Waals surface area contributed by atoms with Gasteiger partial charge in [-0.3, -0.25) is 5.32 Å². The Hall–Kier alpha value is -1.79. The summed E-state index contributed by atoms with van der Waals surface area (Å²) in [6.45, 7) is 1.96. The third-order valence-electron chi connectivity index (χ3n) is 2.09. The number of amides is 2. The van der Waals surface area contributed by atoms with E-state index in [9.17, 15) is 13.8 Å². The summed E-state index contributed by atoms with van der Waals surface area (Å²) < 4.78 is 10.9. The smallest absolute Gasteiger partial charge is 0.313 e. The highest BCUT2D eigenvalue weighted by Crippen LogP contribution is 2.03. The maximum Gasteiger partial charge on any atom is 0.324 e. The molecule has 9 heteroatoms. The number of carbonyl (C=O) groups excluding carboxylic acids is 2. The summed E-state index contributed by atoms with van der Waals surface area (Å²) in [4.78, 5) is 23.5. The predicted molar refractivity (Wildman–Crippen MR) is 75.7 cm³/mol. The van der Waals surface area contributed by atoms with Crippen molar-refractivity contribution in [3.8, 4) is 12.3 Å². The lowest BCUT2D eigenvalue weighted by atomic mass is 10.4. The Kier molecular flexibility index (Phi) is 6.11. The number of hydrogen-bond donors (Lipinski definition) is 1. The van der Waals surface area contributed by atoms with E-state index in [-0.39, 0.29) is 24.7 Å². The Morgan fingerprint density at radius 2 is 2.37 bits per heavy atom. The number of urea groups is 1. The summed E-state index contributed by atoms with van der Waals surface area (Å²) in [5, 5.41) is 10.8. The summed E-state index contributed by atoms with van der Waals surface area (Å²) in [7, 11) is -0.562. The molecule has 1 aliphatic rings. The normalized spacial score (nSPS) is 16.9. The molecule has 0 aromatic rings. The highest BCUT2D eigenvalue weighted by molar-refractivity contribution is 8.47. The molecule has 2 amide bonds. The first-order valence-electron chi connectivity index (χ1n) is 5.24. The second kappa shape index (κ2) is 7.60. The zero-order valence-corrected chi connectivity index (χ0v) is 11.8. The van der Waals surface area contributed by atoms with E-state index in [1.165, 1.54) is 4.90 Å². The molecule has 0 radical (unpaired) electrons. The molecule has 0 spiro atoms.